The molecule has 2 nitrogen and oxygen atoms in total. The number of aromatic nitrogens is 1. The average Bonchev–Trinajstić information content (AvgIpc) is 2.08. The summed E-state index contributed by atoms with van der Waals surface area (Å²) in [5.41, 5.74) is -0.607. The van der Waals surface area contributed by atoms with E-state index < -0.39 is 17.8 Å². The third-order valence-electron chi connectivity index (χ3n) is 1.70. The molecule has 72 valence electrons. The summed E-state index contributed by atoms with van der Waals surface area (Å²) >= 11 is 0. The Balaban J connectivity index is 3.32. The summed E-state index contributed by atoms with van der Waals surface area (Å²) in [6.07, 6.45) is -1.92. The molecule has 0 radical (unpaired) electrons. The molecular weight excluding hydrogens is 183 g/mol. The maximum atomic E-state index is 12.8. The molecular formula is C8H8F3NO. The summed E-state index contributed by atoms with van der Waals surface area (Å²) < 4.78 is 42.1. The Hall–Kier alpha value is -1.26. The van der Waals surface area contributed by atoms with Crippen molar-refractivity contribution in [3.63, 3.8) is 0 Å². The summed E-state index contributed by atoms with van der Waals surface area (Å²) in [4.78, 5) is 3.40. The maximum absolute atomic E-state index is 12.8. The molecule has 0 saturated carbocycles. The second-order valence-electron chi connectivity index (χ2n) is 2.45. The van der Waals surface area contributed by atoms with Crippen molar-refractivity contribution >= 4 is 0 Å². The lowest BCUT2D eigenvalue weighted by molar-refractivity contribution is 0.144. The summed E-state index contributed by atoms with van der Waals surface area (Å²) in [5, 5.41) is 0. The van der Waals surface area contributed by atoms with Gasteiger partial charge in [-0.2, -0.15) is 0 Å². The van der Waals surface area contributed by atoms with Gasteiger partial charge in [-0.1, -0.05) is 0 Å². The van der Waals surface area contributed by atoms with E-state index in [1.54, 1.807) is 0 Å². The van der Waals surface area contributed by atoms with Crippen LogP contribution < -0.4 is 4.74 Å². The lowest BCUT2D eigenvalue weighted by atomic mass is 10.1. The fraction of sp³-hybridized carbons (Fsp3) is 0.375. The highest BCUT2D eigenvalue weighted by Crippen LogP contribution is 2.30. The number of methoxy groups -OCH3 is 1. The first kappa shape index (κ1) is 9.83. The topological polar surface area (TPSA) is 22.1 Å². The predicted octanol–water partition coefficient (Wildman–Crippen LogP) is 2.48. The first-order chi connectivity index (χ1) is 6.07. The van der Waals surface area contributed by atoms with Crippen LogP contribution in [0.3, 0.4) is 0 Å². The van der Waals surface area contributed by atoms with Gasteiger partial charge in [-0.3, -0.25) is 0 Å². The van der Waals surface area contributed by atoms with E-state index in [0.717, 1.165) is 6.20 Å². The highest BCUT2D eigenvalue weighted by Gasteiger charge is 2.20. The van der Waals surface area contributed by atoms with Gasteiger partial charge < -0.3 is 4.74 Å². The largest absolute Gasteiger partial charge is 0.481 e. The van der Waals surface area contributed by atoms with Gasteiger partial charge >= 0.3 is 0 Å². The van der Waals surface area contributed by atoms with Crippen LogP contribution in [0.1, 0.15) is 17.6 Å². The van der Waals surface area contributed by atoms with Crippen LogP contribution in [0, 0.1) is 12.7 Å². The van der Waals surface area contributed by atoms with Gasteiger partial charge in [0, 0.05) is 5.56 Å². The zero-order chi connectivity index (χ0) is 10.0. The Morgan fingerprint density at radius 1 is 1.46 bits per heavy atom. The maximum Gasteiger partial charge on any atom is 0.269 e. The van der Waals surface area contributed by atoms with Crippen molar-refractivity contribution in [3.8, 4) is 5.88 Å². The quantitative estimate of drug-likeness (QED) is 0.716. The van der Waals surface area contributed by atoms with Crippen molar-refractivity contribution in [1.29, 1.82) is 0 Å². The molecule has 0 atom stereocenters. The Bertz CT molecular complexity index is 315. The minimum atomic E-state index is -2.78. The minimum Gasteiger partial charge on any atom is -0.481 e. The Labute approximate surface area is 73.4 Å². The van der Waals surface area contributed by atoms with Crippen LogP contribution in [0.5, 0.6) is 5.88 Å². The Kier molecular flexibility index (Phi) is 2.75. The van der Waals surface area contributed by atoms with Gasteiger partial charge in [0.25, 0.3) is 6.43 Å². The van der Waals surface area contributed by atoms with E-state index in [2.05, 4.69) is 9.72 Å². The molecule has 0 aromatic carbocycles. The van der Waals surface area contributed by atoms with Crippen molar-refractivity contribution in [2.75, 3.05) is 7.11 Å². The van der Waals surface area contributed by atoms with E-state index in [1.807, 2.05) is 0 Å². The number of pyridine rings is 1. The van der Waals surface area contributed by atoms with Crippen LogP contribution in [0.2, 0.25) is 0 Å². The highest BCUT2D eigenvalue weighted by molar-refractivity contribution is 5.35. The van der Waals surface area contributed by atoms with Crippen molar-refractivity contribution < 1.29 is 17.9 Å². The molecule has 0 saturated heterocycles. The van der Waals surface area contributed by atoms with Crippen LogP contribution in [-0.4, -0.2) is 12.1 Å². The molecule has 0 unspecified atom stereocenters. The smallest absolute Gasteiger partial charge is 0.269 e. The first-order valence-electron chi connectivity index (χ1n) is 3.55. The highest BCUT2D eigenvalue weighted by atomic mass is 19.3. The van der Waals surface area contributed by atoms with Crippen LogP contribution in [0.25, 0.3) is 0 Å². The summed E-state index contributed by atoms with van der Waals surface area (Å²) in [7, 11) is 1.21. The Morgan fingerprint density at radius 2 is 2.08 bits per heavy atom. The molecule has 1 aromatic heterocycles. The molecule has 0 aliphatic rings. The van der Waals surface area contributed by atoms with Gasteiger partial charge in [-0.15, -0.1) is 0 Å². The Morgan fingerprint density at radius 3 is 2.54 bits per heavy atom. The van der Waals surface area contributed by atoms with Crippen molar-refractivity contribution in [3.05, 3.63) is 23.1 Å². The van der Waals surface area contributed by atoms with Gasteiger partial charge in [0.15, 0.2) is 0 Å². The van der Waals surface area contributed by atoms with Gasteiger partial charge in [-0.05, 0) is 6.92 Å². The van der Waals surface area contributed by atoms with Crippen LogP contribution in [0.15, 0.2) is 6.20 Å². The van der Waals surface area contributed by atoms with Gasteiger partial charge in [0.1, 0.15) is 5.82 Å². The van der Waals surface area contributed by atoms with Gasteiger partial charge in [0.05, 0.1) is 18.9 Å². The molecule has 0 amide bonds. The zero-order valence-corrected chi connectivity index (χ0v) is 7.14. The molecule has 0 aliphatic carbocycles. The van der Waals surface area contributed by atoms with Gasteiger partial charge in [-0.25, -0.2) is 18.2 Å². The number of alkyl halides is 2. The molecule has 13 heavy (non-hydrogen) atoms. The lowest BCUT2D eigenvalue weighted by Gasteiger charge is -2.09. The fourth-order valence-corrected chi connectivity index (χ4v) is 0.990. The summed E-state index contributed by atoms with van der Waals surface area (Å²) in [5.74, 6) is -0.981. The van der Waals surface area contributed by atoms with Gasteiger partial charge in [0.2, 0.25) is 5.88 Å². The lowest BCUT2D eigenvalue weighted by Crippen LogP contribution is -2.01. The molecule has 1 aromatic rings. The third-order valence-corrected chi connectivity index (χ3v) is 1.70. The first-order valence-corrected chi connectivity index (χ1v) is 3.55. The van der Waals surface area contributed by atoms with E-state index in [-0.39, 0.29) is 11.4 Å². The minimum absolute atomic E-state index is 0.123. The molecule has 5 heteroatoms. The van der Waals surface area contributed by atoms with Crippen LogP contribution >= 0.6 is 0 Å². The van der Waals surface area contributed by atoms with E-state index >= 15 is 0 Å². The van der Waals surface area contributed by atoms with Crippen molar-refractivity contribution in [1.82, 2.24) is 4.98 Å². The molecule has 0 fully saturated rings. The number of halogens is 3. The second kappa shape index (κ2) is 3.64. The normalized spacial score (nSPS) is 10.6. The summed E-state index contributed by atoms with van der Waals surface area (Å²) in [6, 6.07) is 0. The van der Waals surface area contributed by atoms with E-state index in [1.165, 1.54) is 14.0 Å². The van der Waals surface area contributed by atoms with Crippen molar-refractivity contribution in [2.24, 2.45) is 0 Å². The van der Waals surface area contributed by atoms with Crippen LogP contribution in [0.4, 0.5) is 13.2 Å². The summed E-state index contributed by atoms with van der Waals surface area (Å²) in [6.45, 7) is 1.26. The number of rotatable bonds is 2. The second-order valence-corrected chi connectivity index (χ2v) is 2.45. The molecule has 1 rings (SSSR count). The van der Waals surface area contributed by atoms with Crippen LogP contribution in [-0.2, 0) is 0 Å². The zero-order valence-electron chi connectivity index (χ0n) is 7.14. The molecule has 0 bridgehead atoms. The third kappa shape index (κ3) is 1.74. The number of ether oxygens (including phenoxy) is 1. The predicted molar refractivity (Wildman–Crippen MR) is 40.4 cm³/mol. The molecule has 0 aliphatic heterocycles. The SMILES string of the molecule is COc1ncc(F)c(C)c1C(F)F. The van der Waals surface area contributed by atoms with E-state index in [9.17, 15) is 13.2 Å². The monoisotopic (exact) mass is 191 g/mol. The molecule has 0 spiro atoms. The number of hydrogen-bond donors (Lipinski definition) is 0. The van der Waals surface area contributed by atoms with E-state index in [0.29, 0.717) is 0 Å². The molecule has 0 N–H and O–H groups in total. The fourth-order valence-electron chi connectivity index (χ4n) is 0.990. The van der Waals surface area contributed by atoms with E-state index in [4.69, 9.17) is 0 Å². The number of hydrogen-bond acceptors (Lipinski definition) is 2. The standard InChI is InChI=1S/C8H8F3NO/c1-4-5(9)3-12-8(13-2)6(4)7(10)11/h3,7H,1-2H3. The molecule has 1 heterocycles. The number of nitrogens with zero attached hydrogens (tertiary/aromatic N) is 1. The van der Waals surface area contributed by atoms with Crippen molar-refractivity contribution in [2.45, 2.75) is 13.3 Å². The average molecular weight is 191 g/mol.